The Kier molecular flexibility index (Phi) is 4.21. The Morgan fingerprint density at radius 1 is 1.32 bits per heavy atom. The summed E-state index contributed by atoms with van der Waals surface area (Å²) in [6.45, 7) is 3.68. The minimum absolute atomic E-state index is 0.104. The van der Waals surface area contributed by atoms with Crippen molar-refractivity contribution in [2.75, 3.05) is 5.73 Å². The number of nitrogen functional groups attached to an aromatic ring is 1. The number of hydrogen-bond donors (Lipinski definition) is 1. The molecule has 0 radical (unpaired) electrons. The Morgan fingerprint density at radius 3 is 2.74 bits per heavy atom. The van der Waals surface area contributed by atoms with Crippen LogP contribution < -0.4 is 10.5 Å². The van der Waals surface area contributed by atoms with Crippen molar-refractivity contribution in [1.29, 1.82) is 0 Å². The molecular weight excluding hydrogens is 265 g/mol. The zero-order chi connectivity index (χ0) is 13.8. The minimum atomic E-state index is -0.463. The highest BCUT2D eigenvalue weighted by Crippen LogP contribution is 2.35. The highest BCUT2D eigenvalue weighted by Gasteiger charge is 2.12. The number of anilines is 1. The van der Waals surface area contributed by atoms with Crippen LogP contribution in [0.25, 0.3) is 0 Å². The summed E-state index contributed by atoms with van der Waals surface area (Å²) < 4.78 is 19.1. The van der Waals surface area contributed by atoms with Crippen molar-refractivity contribution in [3.05, 3.63) is 36.5 Å². The number of benzene rings is 1. The first-order valence-electron chi connectivity index (χ1n) is 5.76. The Balaban J connectivity index is 2.29. The van der Waals surface area contributed by atoms with Gasteiger partial charge in [0, 0.05) is 29.0 Å². The van der Waals surface area contributed by atoms with Crippen molar-refractivity contribution < 1.29 is 9.13 Å². The van der Waals surface area contributed by atoms with Gasteiger partial charge in [-0.2, -0.15) is 0 Å². The lowest BCUT2D eigenvalue weighted by atomic mass is 10.3. The maximum atomic E-state index is 13.7. The number of halogens is 1. The molecule has 2 rings (SSSR count). The van der Waals surface area contributed by atoms with Crippen LogP contribution in [-0.2, 0) is 0 Å². The molecule has 2 N–H and O–H groups in total. The third-order valence-electron chi connectivity index (χ3n) is 2.18. The zero-order valence-corrected chi connectivity index (χ0v) is 11.4. The molecule has 0 unspecified atom stereocenters. The van der Waals surface area contributed by atoms with Crippen molar-refractivity contribution in [2.45, 2.75) is 29.9 Å². The molecule has 0 amide bonds. The third kappa shape index (κ3) is 3.57. The van der Waals surface area contributed by atoms with Crippen LogP contribution in [0.4, 0.5) is 10.1 Å². The van der Waals surface area contributed by atoms with Gasteiger partial charge in [0.1, 0.15) is 5.03 Å². The maximum Gasteiger partial charge on any atom is 0.167 e. The largest absolute Gasteiger partial charge is 0.488 e. The van der Waals surface area contributed by atoms with Gasteiger partial charge in [-0.1, -0.05) is 11.8 Å². The number of aromatic nitrogens is 2. The van der Waals surface area contributed by atoms with E-state index in [4.69, 9.17) is 10.5 Å². The molecule has 19 heavy (non-hydrogen) atoms. The summed E-state index contributed by atoms with van der Waals surface area (Å²) in [5.41, 5.74) is 6.16. The molecule has 4 nitrogen and oxygen atoms in total. The van der Waals surface area contributed by atoms with Crippen LogP contribution in [0.15, 0.2) is 40.6 Å². The van der Waals surface area contributed by atoms with E-state index in [0.717, 1.165) is 0 Å². The molecule has 1 heterocycles. The Labute approximate surface area is 115 Å². The molecule has 0 saturated heterocycles. The fourth-order valence-corrected chi connectivity index (χ4v) is 2.23. The van der Waals surface area contributed by atoms with Gasteiger partial charge in [-0.3, -0.25) is 4.98 Å². The summed E-state index contributed by atoms with van der Waals surface area (Å²) >= 11 is 1.32. The molecule has 0 atom stereocenters. The van der Waals surface area contributed by atoms with Crippen LogP contribution in [0.3, 0.4) is 0 Å². The first kappa shape index (κ1) is 13.6. The van der Waals surface area contributed by atoms with Crippen molar-refractivity contribution in [3.63, 3.8) is 0 Å². The third-order valence-corrected chi connectivity index (χ3v) is 3.17. The quantitative estimate of drug-likeness (QED) is 0.871. The molecule has 6 heteroatoms. The summed E-state index contributed by atoms with van der Waals surface area (Å²) in [5, 5.41) is 0.691. The van der Waals surface area contributed by atoms with Gasteiger partial charge < -0.3 is 10.5 Å². The predicted molar refractivity (Wildman–Crippen MR) is 72.7 cm³/mol. The van der Waals surface area contributed by atoms with Gasteiger partial charge in [-0.05, 0) is 19.9 Å². The normalized spacial score (nSPS) is 10.7. The van der Waals surface area contributed by atoms with E-state index in [9.17, 15) is 4.39 Å². The lowest BCUT2D eigenvalue weighted by Gasteiger charge is -2.13. The highest BCUT2D eigenvalue weighted by atomic mass is 32.2. The fraction of sp³-hybridized carbons (Fsp3) is 0.231. The Hall–Kier alpha value is -1.82. The SMILES string of the molecule is CC(C)Oc1cc(Sc2cnccn2)c(N)cc1F. The molecule has 0 aliphatic heterocycles. The molecular formula is C13H14FN3OS. The second-order valence-electron chi connectivity index (χ2n) is 4.13. The molecule has 100 valence electrons. The summed E-state index contributed by atoms with van der Waals surface area (Å²) in [4.78, 5) is 8.80. The van der Waals surface area contributed by atoms with Crippen LogP contribution >= 0.6 is 11.8 Å². The van der Waals surface area contributed by atoms with E-state index in [2.05, 4.69) is 9.97 Å². The zero-order valence-electron chi connectivity index (χ0n) is 10.6. The van der Waals surface area contributed by atoms with Crippen LogP contribution in [0.5, 0.6) is 5.75 Å². The van der Waals surface area contributed by atoms with E-state index in [1.165, 1.54) is 17.8 Å². The van der Waals surface area contributed by atoms with Gasteiger partial charge >= 0.3 is 0 Å². The minimum Gasteiger partial charge on any atom is -0.488 e. The van der Waals surface area contributed by atoms with Gasteiger partial charge in [-0.15, -0.1) is 0 Å². The number of nitrogens with two attached hydrogens (primary N) is 1. The van der Waals surface area contributed by atoms with Crippen molar-refractivity contribution in [2.24, 2.45) is 0 Å². The molecule has 1 aromatic carbocycles. The van der Waals surface area contributed by atoms with Crippen LogP contribution in [0, 0.1) is 5.82 Å². The van der Waals surface area contributed by atoms with Crippen molar-refractivity contribution in [1.82, 2.24) is 9.97 Å². The van der Waals surface area contributed by atoms with E-state index in [1.807, 2.05) is 13.8 Å². The molecule has 0 aliphatic carbocycles. The second-order valence-corrected chi connectivity index (χ2v) is 5.20. The molecule has 0 bridgehead atoms. The number of hydrogen-bond acceptors (Lipinski definition) is 5. The Morgan fingerprint density at radius 2 is 2.11 bits per heavy atom. The first-order chi connectivity index (χ1) is 9.06. The molecule has 0 spiro atoms. The molecule has 0 saturated carbocycles. The lowest BCUT2D eigenvalue weighted by Crippen LogP contribution is -2.07. The average molecular weight is 279 g/mol. The summed E-state index contributed by atoms with van der Waals surface area (Å²) in [5.74, 6) is -0.273. The van der Waals surface area contributed by atoms with Gasteiger partial charge in [0.05, 0.1) is 12.3 Å². The van der Waals surface area contributed by atoms with Gasteiger partial charge in [0.25, 0.3) is 0 Å². The monoisotopic (exact) mass is 279 g/mol. The summed E-state index contributed by atoms with van der Waals surface area (Å²) in [6, 6.07) is 2.85. The van der Waals surface area contributed by atoms with Crippen LogP contribution in [-0.4, -0.2) is 16.1 Å². The van der Waals surface area contributed by atoms with E-state index in [-0.39, 0.29) is 11.9 Å². The smallest absolute Gasteiger partial charge is 0.167 e. The molecule has 1 aromatic heterocycles. The lowest BCUT2D eigenvalue weighted by molar-refractivity contribution is 0.230. The topological polar surface area (TPSA) is 61.0 Å². The number of nitrogens with zero attached hydrogens (tertiary/aromatic N) is 2. The van der Waals surface area contributed by atoms with E-state index < -0.39 is 5.82 Å². The fourth-order valence-electron chi connectivity index (χ4n) is 1.43. The van der Waals surface area contributed by atoms with E-state index in [0.29, 0.717) is 15.6 Å². The molecule has 0 fully saturated rings. The van der Waals surface area contributed by atoms with Crippen LogP contribution in [0.2, 0.25) is 0 Å². The maximum absolute atomic E-state index is 13.7. The molecule has 0 aliphatic rings. The van der Waals surface area contributed by atoms with Gasteiger partial charge in [0.15, 0.2) is 11.6 Å². The highest BCUT2D eigenvalue weighted by molar-refractivity contribution is 7.99. The van der Waals surface area contributed by atoms with Gasteiger partial charge in [0.2, 0.25) is 0 Å². The summed E-state index contributed by atoms with van der Waals surface area (Å²) in [6.07, 6.45) is 4.70. The van der Waals surface area contributed by atoms with Crippen molar-refractivity contribution in [3.8, 4) is 5.75 Å². The predicted octanol–water partition coefficient (Wildman–Crippen LogP) is 3.14. The van der Waals surface area contributed by atoms with Gasteiger partial charge in [-0.25, -0.2) is 9.37 Å². The average Bonchev–Trinajstić information content (AvgIpc) is 2.36. The standard InChI is InChI=1S/C13H14FN3OS/c1-8(2)18-11-6-12(10(15)5-9(11)14)19-13-7-16-3-4-17-13/h3-8H,15H2,1-2H3. The van der Waals surface area contributed by atoms with Crippen molar-refractivity contribution >= 4 is 17.4 Å². The van der Waals surface area contributed by atoms with E-state index >= 15 is 0 Å². The number of ether oxygens (including phenoxy) is 1. The van der Waals surface area contributed by atoms with Crippen LogP contribution in [0.1, 0.15) is 13.8 Å². The summed E-state index contributed by atoms with van der Waals surface area (Å²) in [7, 11) is 0. The Bertz CT molecular complexity index is 563. The molecule has 2 aromatic rings. The number of rotatable bonds is 4. The van der Waals surface area contributed by atoms with E-state index in [1.54, 1.807) is 24.7 Å². The second kappa shape index (κ2) is 5.88. The first-order valence-corrected chi connectivity index (χ1v) is 6.57.